The summed E-state index contributed by atoms with van der Waals surface area (Å²) in [7, 11) is 1.72. The number of benzene rings is 1. The van der Waals surface area contributed by atoms with Gasteiger partial charge in [0.05, 0.1) is 25.2 Å². The Bertz CT molecular complexity index is 736. The molecule has 2 amide bonds. The van der Waals surface area contributed by atoms with Crippen LogP contribution in [-0.2, 0) is 19.1 Å². The van der Waals surface area contributed by atoms with Crippen molar-refractivity contribution in [1.82, 2.24) is 9.80 Å². The second-order valence-corrected chi connectivity index (χ2v) is 7.61. The highest BCUT2D eigenvalue weighted by Gasteiger charge is 2.38. The number of aliphatic carboxylic acids is 1. The lowest BCUT2D eigenvalue weighted by Gasteiger charge is -2.35. The Balaban J connectivity index is 1.58. The molecule has 1 aromatic rings. The lowest BCUT2D eigenvalue weighted by Crippen LogP contribution is -2.51. The lowest BCUT2D eigenvalue weighted by molar-refractivity contribution is -0.145. The molecule has 8 nitrogen and oxygen atoms in total. The van der Waals surface area contributed by atoms with Crippen molar-refractivity contribution >= 4 is 23.5 Å². The number of nitrogens with zero attached hydrogens (tertiary/aromatic N) is 3. The summed E-state index contributed by atoms with van der Waals surface area (Å²) in [5.41, 5.74) is 1.94. The van der Waals surface area contributed by atoms with Crippen molar-refractivity contribution in [3.8, 4) is 0 Å². The van der Waals surface area contributed by atoms with E-state index in [0.717, 1.165) is 11.3 Å². The Morgan fingerprint density at radius 3 is 2.64 bits per heavy atom. The van der Waals surface area contributed by atoms with Crippen LogP contribution < -0.4 is 4.90 Å². The summed E-state index contributed by atoms with van der Waals surface area (Å²) in [5, 5.41) is 8.87. The second kappa shape index (κ2) is 8.70. The van der Waals surface area contributed by atoms with Gasteiger partial charge in [-0.25, -0.2) is 0 Å². The number of anilines is 1. The van der Waals surface area contributed by atoms with Gasteiger partial charge in [-0.3, -0.25) is 19.3 Å². The van der Waals surface area contributed by atoms with Gasteiger partial charge in [0.25, 0.3) is 0 Å². The van der Waals surface area contributed by atoms with Crippen molar-refractivity contribution in [2.45, 2.75) is 19.4 Å². The van der Waals surface area contributed by atoms with E-state index in [2.05, 4.69) is 0 Å². The molecule has 0 aliphatic carbocycles. The summed E-state index contributed by atoms with van der Waals surface area (Å²) in [6.45, 7) is 4.07. The summed E-state index contributed by atoms with van der Waals surface area (Å²) in [4.78, 5) is 41.3. The molecule has 1 aromatic carbocycles. The molecule has 8 heteroatoms. The third-order valence-corrected chi connectivity index (χ3v) is 5.19. The quantitative estimate of drug-likeness (QED) is 0.766. The normalized spacial score (nSPS) is 22.8. The van der Waals surface area contributed by atoms with Crippen LogP contribution in [0, 0.1) is 12.8 Å². The number of carbonyl (C=O) groups excluding carboxylic acids is 2. The number of amides is 2. The molecule has 2 saturated heterocycles. The number of morpholine rings is 1. The fraction of sp³-hybridized carbons (Fsp3) is 0.550. The standard InChI is InChI=1S/C20H27N3O5/c1-14-3-5-16(6-4-14)23-10-15(9-18(23)24)20(27)22-7-8-28-17(12-22)11-21(2)13-19(25)26/h3-6,15,17H,7-13H2,1-2H3,(H,25,26). The van der Waals surface area contributed by atoms with Crippen molar-refractivity contribution in [1.29, 1.82) is 0 Å². The zero-order valence-electron chi connectivity index (χ0n) is 16.3. The molecular formula is C20H27N3O5. The smallest absolute Gasteiger partial charge is 0.317 e. The van der Waals surface area contributed by atoms with Crippen molar-refractivity contribution < 1.29 is 24.2 Å². The molecule has 0 saturated carbocycles. The maximum atomic E-state index is 13.0. The Kier molecular flexibility index (Phi) is 6.31. The van der Waals surface area contributed by atoms with Gasteiger partial charge in [-0.2, -0.15) is 0 Å². The molecule has 28 heavy (non-hydrogen) atoms. The van der Waals surface area contributed by atoms with Crippen LogP contribution in [0.3, 0.4) is 0 Å². The maximum Gasteiger partial charge on any atom is 0.317 e. The van der Waals surface area contributed by atoms with Crippen LogP contribution in [0.1, 0.15) is 12.0 Å². The Hall–Kier alpha value is -2.45. The van der Waals surface area contributed by atoms with Gasteiger partial charge in [-0.1, -0.05) is 17.7 Å². The van der Waals surface area contributed by atoms with E-state index in [1.54, 1.807) is 21.7 Å². The van der Waals surface area contributed by atoms with Gasteiger partial charge in [-0.15, -0.1) is 0 Å². The zero-order chi connectivity index (χ0) is 20.3. The molecule has 2 heterocycles. The monoisotopic (exact) mass is 389 g/mol. The molecular weight excluding hydrogens is 362 g/mol. The predicted molar refractivity (Wildman–Crippen MR) is 103 cm³/mol. The number of rotatable bonds is 6. The molecule has 1 N–H and O–H groups in total. The van der Waals surface area contributed by atoms with E-state index in [-0.39, 0.29) is 36.8 Å². The van der Waals surface area contributed by atoms with Gasteiger partial charge < -0.3 is 19.6 Å². The first-order valence-corrected chi connectivity index (χ1v) is 9.51. The molecule has 0 bridgehead atoms. The van der Waals surface area contributed by atoms with Crippen LogP contribution in [0.15, 0.2) is 24.3 Å². The van der Waals surface area contributed by atoms with Gasteiger partial charge in [0.1, 0.15) is 0 Å². The lowest BCUT2D eigenvalue weighted by atomic mass is 10.1. The van der Waals surface area contributed by atoms with Crippen molar-refractivity contribution in [3.05, 3.63) is 29.8 Å². The number of carboxylic acid groups (broad SMARTS) is 1. The number of ether oxygens (including phenoxy) is 1. The SMILES string of the molecule is Cc1ccc(N2CC(C(=O)N3CCOC(CN(C)CC(=O)O)C3)CC2=O)cc1. The molecule has 152 valence electrons. The first-order valence-electron chi connectivity index (χ1n) is 9.51. The predicted octanol–water partition coefficient (Wildman–Crippen LogP) is 0.592. The van der Waals surface area contributed by atoms with E-state index in [1.807, 2.05) is 31.2 Å². The fourth-order valence-corrected chi connectivity index (χ4v) is 3.78. The van der Waals surface area contributed by atoms with Gasteiger partial charge in [-0.05, 0) is 26.1 Å². The summed E-state index contributed by atoms with van der Waals surface area (Å²) in [5.74, 6) is -1.32. The number of carboxylic acids is 1. The van der Waals surface area contributed by atoms with Crippen LogP contribution in [0.5, 0.6) is 0 Å². The molecule has 2 atom stereocenters. The summed E-state index contributed by atoms with van der Waals surface area (Å²) >= 11 is 0. The average Bonchev–Trinajstić information content (AvgIpc) is 3.03. The highest BCUT2D eigenvalue weighted by Crippen LogP contribution is 2.27. The van der Waals surface area contributed by atoms with Crippen LogP contribution in [0.4, 0.5) is 5.69 Å². The summed E-state index contributed by atoms with van der Waals surface area (Å²) < 4.78 is 5.69. The first-order chi connectivity index (χ1) is 13.3. The van der Waals surface area contributed by atoms with Crippen molar-refractivity contribution in [2.75, 3.05) is 51.3 Å². The maximum absolute atomic E-state index is 13.0. The van der Waals surface area contributed by atoms with E-state index in [4.69, 9.17) is 9.84 Å². The first kappa shape index (κ1) is 20.3. The van der Waals surface area contributed by atoms with E-state index in [0.29, 0.717) is 32.8 Å². The van der Waals surface area contributed by atoms with Crippen LogP contribution >= 0.6 is 0 Å². The van der Waals surface area contributed by atoms with Gasteiger partial charge in [0, 0.05) is 38.3 Å². The van der Waals surface area contributed by atoms with Crippen LogP contribution in [-0.4, -0.2) is 85.2 Å². The van der Waals surface area contributed by atoms with E-state index in [9.17, 15) is 14.4 Å². The summed E-state index contributed by atoms with van der Waals surface area (Å²) in [6, 6.07) is 7.72. The number of aryl methyl sites for hydroxylation is 1. The Labute approximate surface area is 164 Å². The van der Waals surface area contributed by atoms with Gasteiger partial charge >= 0.3 is 5.97 Å². The molecule has 2 fully saturated rings. The van der Waals surface area contributed by atoms with Crippen LogP contribution in [0.2, 0.25) is 0 Å². The van der Waals surface area contributed by atoms with Crippen molar-refractivity contribution in [3.63, 3.8) is 0 Å². The number of hydrogen-bond acceptors (Lipinski definition) is 5. The molecule has 2 aliphatic heterocycles. The minimum atomic E-state index is -0.896. The third kappa shape index (κ3) is 4.88. The van der Waals surface area contributed by atoms with E-state index >= 15 is 0 Å². The molecule has 3 rings (SSSR count). The summed E-state index contributed by atoms with van der Waals surface area (Å²) in [6.07, 6.45) is -0.0134. The number of carbonyl (C=O) groups is 3. The Morgan fingerprint density at radius 1 is 1.25 bits per heavy atom. The average molecular weight is 389 g/mol. The minimum Gasteiger partial charge on any atom is -0.480 e. The van der Waals surface area contributed by atoms with E-state index in [1.165, 1.54) is 0 Å². The zero-order valence-corrected chi connectivity index (χ0v) is 16.3. The molecule has 0 spiro atoms. The minimum absolute atomic E-state index is 0.0304. The largest absolute Gasteiger partial charge is 0.480 e. The third-order valence-electron chi connectivity index (χ3n) is 5.19. The highest BCUT2D eigenvalue weighted by molar-refractivity contribution is 6.00. The van der Waals surface area contributed by atoms with Gasteiger partial charge in [0.15, 0.2) is 0 Å². The topological polar surface area (TPSA) is 90.4 Å². The number of hydrogen-bond donors (Lipinski definition) is 1. The van der Waals surface area contributed by atoms with Crippen molar-refractivity contribution in [2.24, 2.45) is 5.92 Å². The number of likely N-dealkylation sites (N-methyl/N-ethyl adjacent to an activating group) is 1. The highest BCUT2D eigenvalue weighted by atomic mass is 16.5. The van der Waals surface area contributed by atoms with Gasteiger partial charge in [0.2, 0.25) is 11.8 Å². The molecule has 0 radical (unpaired) electrons. The molecule has 0 aromatic heterocycles. The van der Waals surface area contributed by atoms with Crippen LogP contribution in [0.25, 0.3) is 0 Å². The van der Waals surface area contributed by atoms with E-state index < -0.39 is 5.97 Å². The Morgan fingerprint density at radius 2 is 1.96 bits per heavy atom. The second-order valence-electron chi connectivity index (χ2n) is 7.61. The molecule has 2 unspecified atom stereocenters. The molecule has 2 aliphatic rings. The fourth-order valence-electron chi connectivity index (χ4n) is 3.78.